The first kappa shape index (κ1) is 20.3. The summed E-state index contributed by atoms with van der Waals surface area (Å²) in [5.41, 5.74) is -0.490. The van der Waals surface area contributed by atoms with Gasteiger partial charge in [0.05, 0.1) is 17.7 Å². The first-order valence-corrected chi connectivity index (χ1v) is 9.26. The molecule has 0 radical (unpaired) electrons. The molecule has 0 aromatic carbocycles. The fourth-order valence-corrected chi connectivity index (χ4v) is 3.66. The topological polar surface area (TPSA) is 88.8 Å². The number of ether oxygens (including phenoxy) is 1. The summed E-state index contributed by atoms with van der Waals surface area (Å²) in [5.74, 6) is -0.505. The van der Waals surface area contributed by atoms with Gasteiger partial charge in [-0.2, -0.15) is 13.2 Å². The third-order valence-corrected chi connectivity index (χ3v) is 5.26. The van der Waals surface area contributed by atoms with Gasteiger partial charge in [0.2, 0.25) is 0 Å². The van der Waals surface area contributed by atoms with E-state index >= 15 is 0 Å². The summed E-state index contributed by atoms with van der Waals surface area (Å²) in [5, 5.41) is 13.5. The van der Waals surface area contributed by atoms with E-state index in [2.05, 4.69) is 15.3 Å². The summed E-state index contributed by atoms with van der Waals surface area (Å²) in [6.07, 6.45) is 0.596. The molecule has 10 heteroatoms. The SMILES string of the molecule is Cc1cnc2c(C(=O)NC3(c4ccc(C(F)(F)F)nc4)CCOCC3O)ccn2c1. The number of carbonyl (C=O) groups excluding carboxylic acids is 1. The number of rotatable bonds is 3. The molecule has 30 heavy (non-hydrogen) atoms. The van der Waals surface area contributed by atoms with E-state index in [9.17, 15) is 23.1 Å². The largest absolute Gasteiger partial charge is 0.433 e. The van der Waals surface area contributed by atoms with E-state index in [0.29, 0.717) is 5.65 Å². The van der Waals surface area contributed by atoms with Crippen LogP contribution in [0.25, 0.3) is 5.65 Å². The van der Waals surface area contributed by atoms with Crippen molar-refractivity contribution in [2.24, 2.45) is 0 Å². The van der Waals surface area contributed by atoms with Crippen molar-refractivity contribution in [3.8, 4) is 0 Å². The van der Waals surface area contributed by atoms with E-state index in [4.69, 9.17) is 4.74 Å². The average molecular weight is 420 g/mol. The van der Waals surface area contributed by atoms with Gasteiger partial charge in [0.25, 0.3) is 5.91 Å². The van der Waals surface area contributed by atoms with E-state index in [0.717, 1.165) is 17.8 Å². The van der Waals surface area contributed by atoms with Crippen LogP contribution in [0.4, 0.5) is 13.2 Å². The number of aliphatic hydroxyl groups excluding tert-OH is 1. The van der Waals surface area contributed by atoms with E-state index in [1.165, 1.54) is 6.07 Å². The maximum atomic E-state index is 13.1. The molecule has 2 N–H and O–H groups in total. The number of aliphatic hydroxyl groups is 1. The molecule has 3 aromatic heterocycles. The molecular formula is C20H19F3N4O3. The second kappa shape index (κ2) is 7.37. The third kappa shape index (κ3) is 3.52. The van der Waals surface area contributed by atoms with Gasteiger partial charge in [-0.3, -0.25) is 9.78 Å². The van der Waals surface area contributed by atoms with Crippen molar-refractivity contribution in [1.29, 1.82) is 0 Å². The Kier molecular flexibility index (Phi) is 4.99. The van der Waals surface area contributed by atoms with Crippen molar-refractivity contribution in [3.05, 3.63) is 65.4 Å². The van der Waals surface area contributed by atoms with Crippen molar-refractivity contribution in [3.63, 3.8) is 0 Å². The smallest absolute Gasteiger partial charge is 0.388 e. The van der Waals surface area contributed by atoms with Gasteiger partial charge in [0.15, 0.2) is 0 Å². The first-order valence-electron chi connectivity index (χ1n) is 9.26. The molecule has 1 amide bonds. The average Bonchev–Trinajstić information content (AvgIpc) is 3.12. The normalized spacial score (nSPS) is 22.2. The molecule has 4 heterocycles. The highest BCUT2D eigenvalue weighted by atomic mass is 19.4. The summed E-state index contributed by atoms with van der Waals surface area (Å²) in [7, 11) is 0. The Morgan fingerprint density at radius 2 is 2.10 bits per heavy atom. The minimum Gasteiger partial charge on any atom is -0.388 e. The minimum atomic E-state index is -4.58. The predicted octanol–water partition coefficient (Wildman–Crippen LogP) is 2.46. The van der Waals surface area contributed by atoms with Gasteiger partial charge in [0, 0.05) is 37.8 Å². The van der Waals surface area contributed by atoms with E-state index in [1.807, 2.05) is 13.1 Å². The van der Waals surface area contributed by atoms with Crippen LogP contribution in [0.1, 0.15) is 33.6 Å². The number of amides is 1. The van der Waals surface area contributed by atoms with Crippen LogP contribution < -0.4 is 5.32 Å². The van der Waals surface area contributed by atoms with Crippen LogP contribution in [0, 0.1) is 6.92 Å². The van der Waals surface area contributed by atoms with Gasteiger partial charge in [0.1, 0.15) is 17.4 Å². The molecule has 1 fully saturated rings. The summed E-state index contributed by atoms with van der Waals surface area (Å²) < 4.78 is 45.7. The maximum Gasteiger partial charge on any atom is 0.433 e. The van der Waals surface area contributed by atoms with Crippen LogP contribution >= 0.6 is 0 Å². The number of halogens is 3. The third-order valence-electron chi connectivity index (χ3n) is 5.26. The summed E-state index contributed by atoms with van der Waals surface area (Å²) in [6, 6.07) is 3.66. The highest BCUT2D eigenvalue weighted by Crippen LogP contribution is 2.35. The van der Waals surface area contributed by atoms with Crippen molar-refractivity contribution < 1.29 is 27.8 Å². The lowest BCUT2D eigenvalue weighted by atomic mass is 9.81. The molecule has 1 saturated heterocycles. The Hall–Kier alpha value is -2.98. The number of nitrogens with zero attached hydrogens (tertiary/aromatic N) is 3. The number of aryl methyl sites for hydroxylation is 1. The van der Waals surface area contributed by atoms with Crippen LogP contribution in [-0.2, 0) is 16.5 Å². The van der Waals surface area contributed by atoms with E-state index < -0.39 is 29.4 Å². The van der Waals surface area contributed by atoms with Gasteiger partial charge in [-0.1, -0.05) is 6.07 Å². The van der Waals surface area contributed by atoms with Crippen molar-refractivity contribution in [1.82, 2.24) is 19.7 Å². The van der Waals surface area contributed by atoms with Crippen molar-refractivity contribution in [2.45, 2.75) is 31.2 Å². The van der Waals surface area contributed by atoms with Crippen LogP contribution in [0.15, 0.2) is 43.0 Å². The van der Waals surface area contributed by atoms with E-state index in [1.54, 1.807) is 22.9 Å². The number of aromatic nitrogens is 3. The quantitative estimate of drug-likeness (QED) is 0.680. The Labute approximate surface area is 169 Å². The van der Waals surface area contributed by atoms with Gasteiger partial charge in [-0.15, -0.1) is 0 Å². The van der Waals surface area contributed by atoms with Gasteiger partial charge >= 0.3 is 6.18 Å². The zero-order chi connectivity index (χ0) is 21.5. The number of hydrogen-bond donors (Lipinski definition) is 2. The number of nitrogens with one attached hydrogen (secondary N) is 1. The van der Waals surface area contributed by atoms with Crippen LogP contribution in [0.5, 0.6) is 0 Å². The Bertz CT molecular complexity index is 1080. The fraction of sp³-hybridized carbons (Fsp3) is 0.350. The number of pyridine rings is 1. The second-order valence-electron chi connectivity index (χ2n) is 7.29. The second-order valence-corrected chi connectivity index (χ2v) is 7.29. The maximum absolute atomic E-state index is 13.1. The predicted molar refractivity (Wildman–Crippen MR) is 99.8 cm³/mol. The number of fused-ring (bicyclic) bond motifs is 1. The summed E-state index contributed by atoms with van der Waals surface area (Å²) in [4.78, 5) is 20.9. The number of hydrogen-bond acceptors (Lipinski definition) is 5. The molecule has 0 saturated carbocycles. The molecule has 3 aromatic rings. The highest BCUT2D eigenvalue weighted by Gasteiger charge is 2.45. The lowest BCUT2D eigenvalue weighted by Gasteiger charge is -2.42. The molecule has 2 atom stereocenters. The van der Waals surface area contributed by atoms with Gasteiger partial charge in [-0.05, 0) is 30.2 Å². The molecule has 0 spiro atoms. The highest BCUT2D eigenvalue weighted by molar-refractivity contribution is 6.00. The van der Waals surface area contributed by atoms with Crippen LogP contribution in [0.3, 0.4) is 0 Å². The molecule has 0 aliphatic carbocycles. The lowest BCUT2D eigenvalue weighted by Crippen LogP contribution is -2.58. The lowest BCUT2D eigenvalue weighted by molar-refractivity contribution is -0.141. The zero-order valence-electron chi connectivity index (χ0n) is 16.0. The van der Waals surface area contributed by atoms with Crippen molar-refractivity contribution >= 4 is 11.6 Å². The molecule has 1 aliphatic rings. The standard InChI is InChI=1S/C20H19F3N4O3/c1-12-8-25-17-14(4-6-27(17)10-12)18(29)26-19(5-7-30-11-16(19)28)13-2-3-15(24-9-13)20(21,22)23/h2-4,6,8-10,16,28H,5,7,11H2,1H3,(H,26,29). The fourth-order valence-electron chi connectivity index (χ4n) is 3.66. The van der Waals surface area contributed by atoms with Crippen molar-refractivity contribution in [2.75, 3.05) is 13.2 Å². The summed E-state index contributed by atoms with van der Waals surface area (Å²) >= 11 is 0. The molecule has 0 bridgehead atoms. The molecule has 7 nitrogen and oxygen atoms in total. The number of alkyl halides is 3. The molecular weight excluding hydrogens is 401 g/mol. The van der Waals surface area contributed by atoms with Gasteiger partial charge < -0.3 is 19.6 Å². The molecule has 2 unspecified atom stereocenters. The van der Waals surface area contributed by atoms with E-state index in [-0.39, 0.29) is 30.8 Å². The van der Waals surface area contributed by atoms with Crippen LogP contribution in [-0.4, -0.2) is 44.7 Å². The Morgan fingerprint density at radius 3 is 2.77 bits per heavy atom. The van der Waals surface area contributed by atoms with Crippen LogP contribution in [0.2, 0.25) is 0 Å². The van der Waals surface area contributed by atoms with Gasteiger partial charge in [-0.25, -0.2) is 4.98 Å². The minimum absolute atomic E-state index is 0.0742. The summed E-state index contributed by atoms with van der Waals surface area (Å²) in [6.45, 7) is 2.01. The Morgan fingerprint density at radius 1 is 1.30 bits per heavy atom. The monoisotopic (exact) mass is 420 g/mol. The number of carbonyl (C=O) groups is 1. The zero-order valence-corrected chi connectivity index (χ0v) is 16.0. The first-order chi connectivity index (χ1) is 14.2. The molecule has 1 aliphatic heterocycles. The Balaban J connectivity index is 1.71. The molecule has 158 valence electrons. The molecule has 4 rings (SSSR count).